The Balaban J connectivity index is 2.05. The second-order valence-electron chi connectivity index (χ2n) is 6.98. The molecule has 0 radical (unpaired) electrons. The number of esters is 1. The zero-order valence-electron chi connectivity index (χ0n) is 16.3. The summed E-state index contributed by atoms with van der Waals surface area (Å²) in [6, 6.07) is 8.22. The Bertz CT molecular complexity index is 933. The number of carbonyl (C=O) groups excluding carboxylic acids is 1. The third-order valence-electron chi connectivity index (χ3n) is 4.81. The van der Waals surface area contributed by atoms with Crippen molar-refractivity contribution in [2.24, 2.45) is 0 Å². The first kappa shape index (κ1) is 19.0. The highest BCUT2D eigenvalue weighted by molar-refractivity contribution is 5.87. The monoisotopic (exact) mass is 366 g/mol. The van der Waals surface area contributed by atoms with Gasteiger partial charge in [0.15, 0.2) is 5.65 Å². The zero-order valence-corrected chi connectivity index (χ0v) is 16.3. The molecule has 27 heavy (non-hydrogen) atoms. The lowest BCUT2D eigenvalue weighted by molar-refractivity contribution is -0.142. The van der Waals surface area contributed by atoms with Crippen LogP contribution in [0, 0.1) is 0 Å². The van der Waals surface area contributed by atoms with Gasteiger partial charge in [0.25, 0.3) is 0 Å². The van der Waals surface area contributed by atoms with Gasteiger partial charge >= 0.3 is 5.97 Å². The minimum Gasteiger partial charge on any atom is -0.469 e. The Labute approximate surface area is 159 Å². The van der Waals surface area contributed by atoms with Gasteiger partial charge in [0.2, 0.25) is 0 Å². The second-order valence-corrected chi connectivity index (χ2v) is 6.98. The Morgan fingerprint density at radius 1 is 1.22 bits per heavy atom. The normalized spacial score (nSPS) is 12.5. The standard InChI is InChI=1S/C21H26N4O2/c1-5-6-10-17(21(26)27-4)15-8-7-9-16(11-15)18-19-20(23-12-22-18)25(13-24-19)14(2)3/h7-9,11-14,17H,5-6,10H2,1-4H3/t17-/m0/s1. The number of methoxy groups -OCH3 is 1. The van der Waals surface area contributed by atoms with Crippen LogP contribution in [0.1, 0.15) is 57.6 Å². The van der Waals surface area contributed by atoms with Crippen LogP contribution in [0.3, 0.4) is 0 Å². The highest BCUT2D eigenvalue weighted by Crippen LogP contribution is 2.30. The molecule has 0 aliphatic carbocycles. The summed E-state index contributed by atoms with van der Waals surface area (Å²) in [5, 5.41) is 0. The molecule has 0 saturated heterocycles. The van der Waals surface area contributed by atoms with Crippen molar-refractivity contribution in [1.29, 1.82) is 0 Å². The number of unbranched alkanes of at least 4 members (excludes halogenated alkanes) is 1. The number of fused-ring (bicyclic) bond motifs is 1. The summed E-state index contributed by atoms with van der Waals surface area (Å²) < 4.78 is 7.06. The Kier molecular flexibility index (Phi) is 5.84. The van der Waals surface area contributed by atoms with Gasteiger partial charge in [0, 0.05) is 11.6 Å². The van der Waals surface area contributed by atoms with Gasteiger partial charge in [-0.05, 0) is 31.9 Å². The summed E-state index contributed by atoms with van der Waals surface area (Å²) in [4.78, 5) is 25.7. The topological polar surface area (TPSA) is 69.9 Å². The summed E-state index contributed by atoms with van der Waals surface area (Å²) in [5.74, 6) is -0.460. The number of hydrogen-bond acceptors (Lipinski definition) is 5. The van der Waals surface area contributed by atoms with E-state index in [0.29, 0.717) is 0 Å². The molecule has 0 aliphatic rings. The lowest BCUT2D eigenvalue weighted by Crippen LogP contribution is -2.14. The van der Waals surface area contributed by atoms with Crippen LogP contribution >= 0.6 is 0 Å². The number of carbonyl (C=O) groups is 1. The van der Waals surface area contributed by atoms with E-state index < -0.39 is 0 Å². The molecule has 1 atom stereocenters. The van der Waals surface area contributed by atoms with E-state index in [2.05, 4.69) is 35.7 Å². The van der Waals surface area contributed by atoms with E-state index in [1.165, 1.54) is 7.11 Å². The molecule has 0 fully saturated rings. The minimum atomic E-state index is -0.263. The molecule has 0 N–H and O–H groups in total. The highest BCUT2D eigenvalue weighted by Gasteiger charge is 2.22. The van der Waals surface area contributed by atoms with Crippen LogP contribution in [0.25, 0.3) is 22.4 Å². The molecule has 142 valence electrons. The molecule has 0 unspecified atom stereocenters. The van der Waals surface area contributed by atoms with Crippen LogP contribution in [0.2, 0.25) is 0 Å². The predicted octanol–water partition coefficient (Wildman–Crippen LogP) is 4.52. The first-order valence-corrected chi connectivity index (χ1v) is 9.42. The Hall–Kier alpha value is -2.76. The molecular formula is C21H26N4O2. The van der Waals surface area contributed by atoms with Crippen LogP contribution in [-0.4, -0.2) is 32.6 Å². The molecule has 2 heterocycles. The maximum absolute atomic E-state index is 12.3. The SMILES string of the molecule is CCCC[C@H](C(=O)OC)c1cccc(-c2ncnc3c2ncn3C(C)C)c1. The van der Waals surface area contributed by atoms with Crippen molar-refractivity contribution in [2.75, 3.05) is 7.11 Å². The molecule has 1 aromatic carbocycles. The zero-order chi connectivity index (χ0) is 19.4. The third-order valence-corrected chi connectivity index (χ3v) is 4.81. The molecule has 0 bridgehead atoms. The van der Waals surface area contributed by atoms with Crippen LogP contribution in [0.4, 0.5) is 0 Å². The summed E-state index contributed by atoms with van der Waals surface area (Å²) in [5.41, 5.74) is 4.24. The van der Waals surface area contributed by atoms with Gasteiger partial charge in [-0.15, -0.1) is 0 Å². The van der Waals surface area contributed by atoms with Crippen molar-refractivity contribution in [1.82, 2.24) is 19.5 Å². The quantitative estimate of drug-likeness (QED) is 0.575. The molecular weight excluding hydrogens is 340 g/mol. The van der Waals surface area contributed by atoms with Crippen LogP contribution in [-0.2, 0) is 9.53 Å². The molecule has 3 aromatic rings. The number of aromatic nitrogens is 4. The van der Waals surface area contributed by atoms with E-state index >= 15 is 0 Å². The summed E-state index contributed by atoms with van der Waals surface area (Å²) in [7, 11) is 1.44. The first-order chi connectivity index (χ1) is 13.1. The largest absolute Gasteiger partial charge is 0.469 e. The van der Waals surface area contributed by atoms with Crippen molar-refractivity contribution in [3.8, 4) is 11.3 Å². The van der Waals surface area contributed by atoms with Crippen molar-refractivity contribution in [2.45, 2.75) is 52.0 Å². The number of imidazole rings is 1. The maximum Gasteiger partial charge on any atom is 0.313 e. The first-order valence-electron chi connectivity index (χ1n) is 9.42. The highest BCUT2D eigenvalue weighted by atomic mass is 16.5. The smallest absolute Gasteiger partial charge is 0.313 e. The third kappa shape index (κ3) is 3.84. The summed E-state index contributed by atoms with van der Waals surface area (Å²) in [6.45, 7) is 6.31. The fourth-order valence-corrected chi connectivity index (χ4v) is 3.31. The van der Waals surface area contributed by atoms with Gasteiger partial charge < -0.3 is 9.30 Å². The fraction of sp³-hybridized carbons (Fsp3) is 0.429. The molecule has 2 aromatic heterocycles. The van der Waals surface area contributed by atoms with Gasteiger partial charge in [-0.2, -0.15) is 0 Å². The molecule has 0 spiro atoms. The van der Waals surface area contributed by atoms with E-state index in [1.807, 2.05) is 28.8 Å². The second kappa shape index (κ2) is 8.29. The lowest BCUT2D eigenvalue weighted by atomic mass is 9.92. The fourth-order valence-electron chi connectivity index (χ4n) is 3.31. The van der Waals surface area contributed by atoms with Crippen molar-refractivity contribution >= 4 is 17.1 Å². The number of nitrogens with zero attached hydrogens (tertiary/aromatic N) is 4. The average molecular weight is 366 g/mol. The number of hydrogen-bond donors (Lipinski definition) is 0. The maximum atomic E-state index is 12.3. The van der Waals surface area contributed by atoms with Crippen LogP contribution in [0.15, 0.2) is 36.9 Å². The van der Waals surface area contributed by atoms with E-state index in [9.17, 15) is 4.79 Å². The van der Waals surface area contributed by atoms with Crippen molar-refractivity contribution in [3.05, 3.63) is 42.5 Å². The van der Waals surface area contributed by atoms with Crippen LogP contribution in [0.5, 0.6) is 0 Å². The lowest BCUT2D eigenvalue weighted by Gasteiger charge is -2.15. The summed E-state index contributed by atoms with van der Waals surface area (Å²) in [6.07, 6.45) is 6.15. The molecule has 0 saturated carbocycles. The number of benzene rings is 1. The van der Waals surface area contributed by atoms with Gasteiger partial charge in [0.1, 0.15) is 17.5 Å². The van der Waals surface area contributed by atoms with Gasteiger partial charge in [-0.25, -0.2) is 15.0 Å². The molecule has 3 rings (SSSR count). The number of ether oxygens (including phenoxy) is 1. The molecule has 0 aliphatic heterocycles. The number of rotatable bonds is 7. The molecule has 6 nitrogen and oxygen atoms in total. The molecule has 0 amide bonds. The van der Waals surface area contributed by atoms with E-state index in [1.54, 1.807) is 12.7 Å². The predicted molar refractivity (Wildman–Crippen MR) is 105 cm³/mol. The van der Waals surface area contributed by atoms with Crippen LogP contribution < -0.4 is 0 Å². The average Bonchev–Trinajstić information content (AvgIpc) is 3.12. The van der Waals surface area contributed by atoms with Gasteiger partial charge in [0.05, 0.1) is 19.4 Å². The van der Waals surface area contributed by atoms with E-state index in [0.717, 1.165) is 47.2 Å². The minimum absolute atomic E-state index is 0.197. The Morgan fingerprint density at radius 3 is 2.74 bits per heavy atom. The van der Waals surface area contributed by atoms with Crippen molar-refractivity contribution < 1.29 is 9.53 Å². The van der Waals surface area contributed by atoms with Gasteiger partial charge in [-0.3, -0.25) is 4.79 Å². The van der Waals surface area contributed by atoms with Gasteiger partial charge in [-0.1, -0.05) is 38.0 Å². The summed E-state index contributed by atoms with van der Waals surface area (Å²) >= 11 is 0. The van der Waals surface area contributed by atoms with E-state index in [-0.39, 0.29) is 17.9 Å². The molecule has 6 heteroatoms. The van der Waals surface area contributed by atoms with E-state index in [4.69, 9.17) is 4.74 Å². The van der Waals surface area contributed by atoms with Crippen molar-refractivity contribution in [3.63, 3.8) is 0 Å². The Morgan fingerprint density at radius 2 is 2.04 bits per heavy atom.